The zero-order valence-corrected chi connectivity index (χ0v) is 8.59. The largest absolute Gasteiger partial charge is 0.361 e. The van der Waals surface area contributed by atoms with Crippen molar-refractivity contribution in [1.29, 1.82) is 0 Å². The van der Waals surface area contributed by atoms with Gasteiger partial charge < -0.3 is 4.90 Å². The number of aryl methyl sites for hydroxylation is 1. The van der Waals surface area contributed by atoms with Gasteiger partial charge in [0.15, 0.2) is 11.5 Å². The molecule has 0 aliphatic carbocycles. The number of aromatic nitrogens is 3. The van der Waals surface area contributed by atoms with Gasteiger partial charge in [0.05, 0.1) is 5.51 Å². The average molecular weight is 194 g/mol. The van der Waals surface area contributed by atoms with E-state index in [0.717, 1.165) is 22.0 Å². The van der Waals surface area contributed by atoms with Crippen LogP contribution in [0.5, 0.6) is 0 Å². The summed E-state index contributed by atoms with van der Waals surface area (Å²) in [5, 5.41) is 0. The maximum Gasteiger partial charge on any atom is 0.175 e. The van der Waals surface area contributed by atoms with E-state index in [1.165, 1.54) is 0 Å². The second kappa shape index (κ2) is 2.92. The SMILES string of the molecule is Cc1nc(N(C)C)c2scnc2n1. The predicted molar refractivity (Wildman–Crippen MR) is 54.3 cm³/mol. The Bertz CT molecular complexity index is 435. The fraction of sp³-hybridized carbons (Fsp3) is 0.375. The van der Waals surface area contributed by atoms with Gasteiger partial charge in [-0.15, -0.1) is 11.3 Å². The van der Waals surface area contributed by atoms with Gasteiger partial charge in [-0.05, 0) is 6.92 Å². The molecule has 4 nitrogen and oxygen atoms in total. The van der Waals surface area contributed by atoms with E-state index < -0.39 is 0 Å². The van der Waals surface area contributed by atoms with Crippen molar-refractivity contribution in [3.8, 4) is 0 Å². The monoisotopic (exact) mass is 194 g/mol. The van der Waals surface area contributed by atoms with Gasteiger partial charge >= 0.3 is 0 Å². The number of anilines is 1. The first-order valence-electron chi connectivity index (χ1n) is 3.93. The van der Waals surface area contributed by atoms with E-state index in [4.69, 9.17) is 0 Å². The Labute approximate surface area is 80.3 Å². The van der Waals surface area contributed by atoms with Gasteiger partial charge in [-0.1, -0.05) is 0 Å². The van der Waals surface area contributed by atoms with Gasteiger partial charge in [0, 0.05) is 14.1 Å². The Morgan fingerprint density at radius 1 is 1.31 bits per heavy atom. The molecule has 0 aliphatic heterocycles. The van der Waals surface area contributed by atoms with Gasteiger partial charge in [-0.3, -0.25) is 0 Å². The van der Waals surface area contributed by atoms with Crippen LogP contribution in [0.15, 0.2) is 5.51 Å². The van der Waals surface area contributed by atoms with Gasteiger partial charge in [0.25, 0.3) is 0 Å². The van der Waals surface area contributed by atoms with E-state index in [-0.39, 0.29) is 0 Å². The van der Waals surface area contributed by atoms with E-state index in [0.29, 0.717) is 0 Å². The topological polar surface area (TPSA) is 41.9 Å². The lowest BCUT2D eigenvalue weighted by Gasteiger charge is -2.11. The molecular weight excluding hydrogens is 184 g/mol. The first-order valence-corrected chi connectivity index (χ1v) is 4.81. The van der Waals surface area contributed by atoms with E-state index >= 15 is 0 Å². The second-order valence-electron chi connectivity index (χ2n) is 2.99. The van der Waals surface area contributed by atoms with Crippen LogP contribution in [0.25, 0.3) is 10.3 Å². The third-order valence-corrected chi connectivity index (χ3v) is 2.52. The number of fused-ring (bicyclic) bond motifs is 1. The predicted octanol–water partition coefficient (Wildman–Crippen LogP) is 1.46. The van der Waals surface area contributed by atoms with Gasteiger partial charge in [-0.25, -0.2) is 15.0 Å². The molecule has 0 spiro atoms. The Hall–Kier alpha value is -1.23. The lowest BCUT2D eigenvalue weighted by atomic mass is 10.5. The highest BCUT2D eigenvalue weighted by atomic mass is 32.1. The molecule has 2 aromatic rings. The smallest absolute Gasteiger partial charge is 0.175 e. The van der Waals surface area contributed by atoms with Crippen LogP contribution in [-0.4, -0.2) is 29.0 Å². The van der Waals surface area contributed by atoms with Crippen molar-refractivity contribution < 1.29 is 0 Å². The van der Waals surface area contributed by atoms with Crippen LogP contribution in [0.3, 0.4) is 0 Å². The van der Waals surface area contributed by atoms with E-state index in [9.17, 15) is 0 Å². The van der Waals surface area contributed by atoms with Crippen molar-refractivity contribution in [3.05, 3.63) is 11.3 Å². The van der Waals surface area contributed by atoms with Crippen molar-refractivity contribution in [1.82, 2.24) is 15.0 Å². The average Bonchev–Trinajstić information content (AvgIpc) is 2.49. The molecule has 0 fully saturated rings. The van der Waals surface area contributed by atoms with Crippen LogP contribution in [0.4, 0.5) is 5.82 Å². The number of nitrogens with zero attached hydrogens (tertiary/aromatic N) is 4. The molecule has 13 heavy (non-hydrogen) atoms. The fourth-order valence-electron chi connectivity index (χ4n) is 1.16. The fourth-order valence-corrected chi connectivity index (χ4v) is 1.95. The number of hydrogen-bond donors (Lipinski definition) is 0. The molecule has 68 valence electrons. The molecule has 0 bridgehead atoms. The summed E-state index contributed by atoms with van der Waals surface area (Å²) in [6, 6.07) is 0. The van der Waals surface area contributed by atoms with Gasteiger partial charge in [-0.2, -0.15) is 0 Å². The van der Waals surface area contributed by atoms with E-state index in [1.54, 1.807) is 16.8 Å². The maximum absolute atomic E-state index is 4.36. The molecule has 0 aliphatic rings. The second-order valence-corrected chi connectivity index (χ2v) is 3.85. The Morgan fingerprint density at radius 2 is 2.08 bits per heavy atom. The zero-order valence-electron chi connectivity index (χ0n) is 7.77. The highest BCUT2D eigenvalue weighted by Crippen LogP contribution is 2.25. The van der Waals surface area contributed by atoms with E-state index in [2.05, 4.69) is 15.0 Å². The molecule has 0 radical (unpaired) electrons. The molecule has 2 aromatic heterocycles. The van der Waals surface area contributed by atoms with E-state index in [1.807, 2.05) is 25.9 Å². The lowest BCUT2D eigenvalue weighted by molar-refractivity contribution is 1.01. The summed E-state index contributed by atoms with van der Waals surface area (Å²) in [7, 11) is 3.95. The first kappa shape index (κ1) is 8.37. The van der Waals surface area contributed by atoms with Crippen molar-refractivity contribution in [2.75, 3.05) is 19.0 Å². The Kier molecular flexibility index (Phi) is 1.88. The summed E-state index contributed by atoms with van der Waals surface area (Å²) >= 11 is 1.57. The zero-order chi connectivity index (χ0) is 9.42. The molecule has 0 saturated heterocycles. The van der Waals surface area contributed by atoms with Crippen LogP contribution in [0.2, 0.25) is 0 Å². The quantitative estimate of drug-likeness (QED) is 0.689. The number of hydrogen-bond acceptors (Lipinski definition) is 5. The molecule has 0 aromatic carbocycles. The summed E-state index contributed by atoms with van der Waals surface area (Å²) < 4.78 is 1.05. The minimum absolute atomic E-state index is 0.766. The third kappa shape index (κ3) is 1.35. The summed E-state index contributed by atoms with van der Waals surface area (Å²) in [6.45, 7) is 1.88. The van der Waals surface area contributed by atoms with Crippen LogP contribution in [0.1, 0.15) is 5.82 Å². The van der Waals surface area contributed by atoms with Crippen LogP contribution < -0.4 is 4.90 Å². The highest BCUT2D eigenvalue weighted by molar-refractivity contribution is 7.17. The molecule has 2 heterocycles. The van der Waals surface area contributed by atoms with Crippen LogP contribution in [0, 0.1) is 6.92 Å². The van der Waals surface area contributed by atoms with Crippen LogP contribution in [-0.2, 0) is 0 Å². The first-order chi connectivity index (χ1) is 6.18. The summed E-state index contributed by atoms with van der Waals surface area (Å²) in [6.07, 6.45) is 0. The standard InChI is InChI=1S/C8H10N4S/c1-5-10-7-6(13-4-9-7)8(11-5)12(2)3/h4H,1-3H3. The number of thiazole rings is 1. The molecule has 2 rings (SSSR count). The minimum atomic E-state index is 0.766. The summed E-state index contributed by atoms with van der Waals surface area (Å²) in [4.78, 5) is 14.7. The molecule has 0 amide bonds. The van der Waals surface area contributed by atoms with Gasteiger partial charge in [0.2, 0.25) is 0 Å². The number of rotatable bonds is 1. The Morgan fingerprint density at radius 3 is 2.77 bits per heavy atom. The molecule has 0 unspecified atom stereocenters. The third-order valence-electron chi connectivity index (χ3n) is 1.71. The summed E-state index contributed by atoms with van der Waals surface area (Å²) in [5.74, 6) is 1.71. The van der Waals surface area contributed by atoms with Crippen molar-refractivity contribution in [3.63, 3.8) is 0 Å². The molecular formula is C8H10N4S. The van der Waals surface area contributed by atoms with Crippen LogP contribution >= 0.6 is 11.3 Å². The van der Waals surface area contributed by atoms with Crippen molar-refractivity contribution in [2.24, 2.45) is 0 Å². The van der Waals surface area contributed by atoms with Crippen molar-refractivity contribution in [2.45, 2.75) is 6.92 Å². The molecule has 0 atom stereocenters. The molecule has 5 heteroatoms. The van der Waals surface area contributed by atoms with Gasteiger partial charge in [0.1, 0.15) is 10.5 Å². The van der Waals surface area contributed by atoms with Crippen molar-refractivity contribution >= 4 is 27.5 Å². The Balaban J connectivity index is 2.77. The normalized spacial score (nSPS) is 10.7. The maximum atomic E-state index is 4.36. The molecule has 0 saturated carbocycles. The molecule has 0 N–H and O–H groups in total. The lowest BCUT2D eigenvalue weighted by Crippen LogP contribution is -2.11. The highest BCUT2D eigenvalue weighted by Gasteiger charge is 2.08. The summed E-state index contributed by atoms with van der Waals surface area (Å²) in [5.41, 5.74) is 2.59. The minimum Gasteiger partial charge on any atom is -0.361 e.